The summed E-state index contributed by atoms with van der Waals surface area (Å²) in [5.41, 5.74) is 0. The molecule has 1 atom stereocenters. The molecule has 0 fully saturated rings. The summed E-state index contributed by atoms with van der Waals surface area (Å²) < 4.78 is 16.9. The summed E-state index contributed by atoms with van der Waals surface area (Å²) in [7, 11) is 0. The Morgan fingerprint density at radius 3 is 0.838 bits per heavy atom. The molecule has 6 heteroatoms. The molecule has 0 aromatic carbocycles. The molecule has 0 amide bonds. The fourth-order valence-electron chi connectivity index (χ4n) is 8.35. The van der Waals surface area contributed by atoms with E-state index >= 15 is 0 Å². The van der Waals surface area contributed by atoms with Crippen LogP contribution in [-0.2, 0) is 28.6 Å². The molecule has 0 aromatic heterocycles. The fourth-order valence-corrected chi connectivity index (χ4v) is 8.35. The minimum Gasteiger partial charge on any atom is -0.462 e. The van der Waals surface area contributed by atoms with Gasteiger partial charge in [0, 0.05) is 19.3 Å². The van der Waals surface area contributed by atoms with Crippen molar-refractivity contribution < 1.29 is 28.6 Å². The van der Waals surface area contributed by atoms with Gasteiger partial charge >= 0.3 is 17.9 Å². The molecular formula is C68H114O6. The van der Waals surface area contributed by atoms with E-state index in [1.54, 1.807) is 0 Å². The van der Waals surface area contributed by atoms with Gasteiger partial charge in [-0.2, -0.15) is 0 Å². The molecule has 0 heterocycles. The third-order valence-electron chi connectivity index (χ3n) is 13.0. The maximum absolute atomic E-state index is 12.9. The Bertz CT molecular complexity index is 1510. The lowest BCUT2D eigenvalue weighted by Gasteiger charge is -2.18. The minimum absolute atomic E-state index is 0.0885. The number of rotatable bonds is 55. The van der Waals surface area contributed by atoms with E-state index in [4.69, 9.17) is 14.2 Å². The van der Waals surface area contributed by atoms with Gasteiger partial charge in [0.05, 0.1) is 0 Å². The van der Waals surface area contributed by atoms with E-state index in [1.807, 2.05) is 0 Å². The molecule has 422 valence electrons. The quantitative estimate of drug-likeness (QED) is 0.0261. The van der Waals surface area contributed by atoms with Crippen molar-refractivity contribution in [3.63, 3.8) is 0 Å². The maximum atomic E-state index is 12.9. The number of hydrogen-bond acceptors (Lipinski definition) is 6. The van der Waals surface area contributed by atoms with Gasteiger partial charge < -0.3 is 14.2 Å². The Morgan fingerprint density at radius 1 is 0.284 bits per heavy atom. The predicted octanol–water partition coefficient (Wildman–Crippen LogP) is 21.0. The molecule has 0 aromatic rings. The van der Waals surface area contributed by atoms with Gasteiger partial charge in [0.15, 0.2) is 6.10 Å². The molecule has 0 aliphatic carbocycles. The van der Waals surface area contributed by atoms with Crippen LogP contribution in [0.1, 0.15) is 284 Å². The molecule has 0 spiro atoms. The van der Waals surface area contributed by atoms with Gasteiger partial charge in [-0.05, 0) is 128 Å². The van der Waals surface area contributed by atoms with Gasteiger partial charge in [0.25, 0.3) is 0 Å². The summed E-state index contributed by atoms with van der Waals surface area (Å²) in [6.45, 7) is 6.47. The van der Waals surface area contributed by atoms with Crippen molar-refractivity contribution in [1.82, 2.24) is 0 Å². The second-order valence-electron chi connectivity index (χ2n) is 20.2. The summed E-state index contributed by atoms with van der Waals surface area (Å²) in [6.07, 6.45) is 83.7. The maximum Gasteiger partial charge on any atom is 0.306 e. The summed E-state index contributed by atoms with van der Waals surface area (Å²) in [5.74, 6) is -0.909. The SMILES string of the molecule is CC/C=C\C/C=C\C/C=C\C/C=C\C/C=C\C/C=C\CCCCCCCCCCC(=O)OCC(COC(=O)CCCCCCC/C=C\CCCCC)OC(=O)CCCCCCCCC/C=C\C/C=C\CCCCC. The second-order valence-corrected chi connectivity index (χ2v) is 20.2. The molecule has 6 nitrogen and oxygen atoms in total. The van der Waals surface area contributed by atoms with E-state index in [9.17, 15) is 14.4 Å². The molecule has 1 unspecified atom stereocenters. The number of carbonyl (C=O) groups excluding carboxylic acids is 3. The first-order valence-electron chi connectivity index (χ1n) is 30.9. The molecule has 0 aliphatic heterocycles. The predicted molar refractivity (Wildman–Crippen MR) is 320 cm³/mol. The van der Waals surface area contributed by atoms with Crippen molar-refractivity contribution in [3.8, 4) is 0 Å². The van der Waals surface area contributed by atoms with Crippen molar-refractivity contribution in [2.24, 2.45) is 0 Å². The van der Waals surface area contributed by atoms with Gasteiger partial charge in [-0.25, -0.2) is 0 Å². The number of esters is 3. The highest BCUT2D eigenvalue weighted by molar-refractivity contribution is 5.71. The zero-order valence-electron chi connectivity index (χ0n) is 48.3. The van der Waals surface area contributed by atoms with Gasteiger partial charge in [0.1, 0.15) is 13.2 Å². The molecule has 0 saturated heterocycles. The first kappa shape index (κ1) is 70.1. The molecule has 0 radical (unpaired) electrons. The molecule has 0 saturated carbocycles. The van der Waals surface area contributed by atoms with Crippen molar-refractivity contribution in [3.05, 3.63) is 109 Å². The van der Waals surface area contributed by atoms with Gasteiger partial charge in [-0.15, -0.1) is 0 Å². The number of carbonyl (C=O) groups is 3. The number of unbranched alkanes of at least 4 members (excludes halogenated alkanes) is 26. The van der Waals surface area contributed by atoms with Crippen molar-refractivity contribution in [2.75, 3.05) is 13.2 Å². The lowest BCUT2D eigenvalue weighted by atomic mass is 10.1. The second kappa shape index (κ2) is 61.6. The van der Waals surface area contributed by atoms with Gasteiger partial charge in [-0.1, -0.05) is 246 Å². The first-order valence-corrected chi connectivity index (χ1v) is 30.9. The van der Waals surface area contributed by atoms with Crippen LogP contribution in [0.3, 0.4) is 0 Å². The van der Waals surface area contributed by atoms with Crippen LogP contribution >= 0.6 is 0 Å². The molecule has 0 N–H and O–H groups in total. The van der Waals surface area contributed by atoms with Crippen LogP contribution < -0.4 is 0 Å². The van der Waals surface area contributed by atoms with Crippen LogP contribution in [0.2, 0.25) is 0 Å². The van der Waals surface area contributed by atoms with E-state index in [0.29, 0.717) is 19.3 Å². The van der Waals surface area contributed by atoms with Gasteiger partial charge in [0.2, 0.25) is 0 Å². The van der Waals surface area contributed by atoms with Crippen LogP contribution in [0.5, 0.6) is 0 Å². The summed E-state index contributed by atoms with van der Waals surface area (Å²) >= 11 is 0. The van der Waals surface area contributed by atoms with Gasteiger partial charge in [-0.3, -0.25) is 14.4 Å². The van der Waals surface area contributed by atoms with Crippen molar-refractivity contribution >= 4 is 17.9 Å². The Balaban J connectivity index is 4.33. The summed E-state index contributed by atoms with van der Waals surface area (Å²) in [4.78, 5) is 38.2. The normalized spacial score (nSPS) is 12.9. The molecule has 0 aliphatic rings. The smallest absolute Gasteiger partial charge is 0.306 e. The van der Waals surface area contributed by atoms with Crippen LogP contribution in [0.4, 0.5) is 0 Å². The number of ether oxygens (including phenoxy) is 3. The molecule has 0 bridgehead atoms. The van der Waals surface area contributed by atoms with E-state index in [-0.39, 0.29) is 31.1 Å². The highest BCUT2D eigenvalue weighted by Gasteiger charge is 2.19. The Kier molecular flexibility index (Phi) is 58.3. The van der Waals surface area contributed by atoms with E-state index in [1.165, 1.54) is 122 Å². The Hall–Kier alpha value is -3.93. The Morgan fingerprint density at radius 2 is 0.527 bits per heavy atom. The fraction of sp³-hybridized carbons (Fsp3) is 0.691. The lowest BCUT2D eigenvalue weighted by Crippen LogP contribution is -2.30. The average Bonchev–Trinajstić information content (AvgIpc) is 3.40. The van der Waals surface area contributed by atoms with Crippen molar-refractivity contribution in [1.29, 1.82) is 0 Å². The third-order valence-corrected chi connectivity index (χ3v) is 13.0. The highest BCUT2D eigenvalue weighted by atomic mass is 16.6. The topological polar surface area (TPSA) is 78.9 Å². The van der Waals surface area contributed by atoms with Crippen LogP contribution in [0.15, 0.2) is 109 Å². The lowest BCUT2D eigenvalue weighted by molar-refractivity contribution is -0.167. The minimum atomic E-state index is -0.791. The average molecular weight is 1030 g/mol. The van der Waals surface area contributed by atoms with E-state index in [0.717, 1.165) is 122 Å². The molecule has 0 rings (SSSR count). The highest BCUT2D eigenvalue weighted by Crippen LogP contribution is 2.15. The zero-order chi connectivity index (χ0) is 53.6. The summed E-state index contributed by atoms with van der Waals surface area (Å²) in [5, 5.41) is 0. The number of hydrogen-bond donors (Lipinski definition) is 0. The van der Waals surface area contributed by atoms with Crippen molar-refractivity contribution in [2.45, 2.75) is 290 Å². The van der Waals surface area contributed by atoms with Crippen LogP contribution in [0, 0.1) is 0 Å². The van der Waals surface area contributed by atoms with E-state index in [2.05, 4.69) is 130 Å². The first-order chi connectivity index (χ1) is 36.5. The third kappa shape index (κ3) is 59.0. The molecule has 74 heavy (non-hydrogen) atoms. The monoisotopic (exact) mass is 1030 g/mol. The largest absolute Gasteiger partial charge is 0.462 e. The standard InChI is InChI=1S/C68H114O6/c1-4-7-10-13-16-19-22-25-27-29-30-31-32-33-34-35-36-37-38-40-41-43-46-49-52-55-58-61-67(70)73-64-65(63-72-66(69)60-57-54-51-48-45-24-21-18-15-12-9-6-3)74-68(71)62-59-56-53-50-47-44-42-39-28-26-23-20-17-14-11-8-5-2/h7,10,16-21,25-28,30-31,33-34,36-37,65H,4-6,8-9,11-15,22-24,29,32,35,38-64H2,1-3H3/b10-7-,19-16-,20-17-,21-18-,27-25-,28-26-,31-30-,34-33-,37-36-. The molecular weight excluding hydrogens is 913 g/mol. The van der Waals surface area contributed by atoms with E-state index < -0.39 is 6.10 Å². The van der Waals surface area contributed by atoms with Crippen LogP contribution in [-0.4, -0.2) is 37.2 Å². The summed E-state index contributed by atoms with van der Waals surface area (Å²) in [6, 6.07) is 0. The van der Waals surface area contributed by atoms with Crippen LogP contribution in [0.25, 0.3) is 0 Å². The zero-order valence-corrected chi connectivity index (χ0v) is 48.3. The Labute approximate surface area is 457 Å². The number of allylic oxidation sites excluding steroid dienone is 18.